The quantitative estimate of drug-likeness (QED) is 0.128. The van der Waals surface area contributed by atoms with Crippen LogP contribution in [0.25, 0.3) is 65.3 Å². The third-order valence-corrected chi connectivity index (χ3v) is 12.9. The van der Waals surface area contributed by atoms with Crippen LogP contribution >= 0.6 is 0 Å². The molecule has 4 heteroatoms. The maximum absolute atomic E-state index is 7.14. The lowest BCUT2D eigenvalue weighted by atomic mass is 9.34. The van der Waals surface area contributed by atoms with Crippen molar-refractivity contribution >= 4 is 83.3 Å². The molecule has 288 valence electrons. The lowest BCUT2D eigenvalue weighted by Gasteiger charge is -2.35. The number of para-hydroxylation sites is 2. The Hall–Kier alpha value is -8.08. The number of ether oxygens (including phenoxy) is 2. The molecule has 0 radical (unpaired) electrons. The average Bonchev–Trinajstić information content (AvgIpc) is 3.33. The third kappa shape index (κ3) is 5.40. The molecule has 0 saturated carbocycles. The molecule has 3 nitrogen and oxygen atoms in total. The highest BCUT2D eigenvalue weighted by Gasteiger charge is 2.41. The molecule has 11 aromatic rings. The van der Waals surface area contributed by atoms with E-state index in [2.05, 4.69) is 223 Å². The van der Waals surface area contributed by atoms with Gasteiger partial charge in [-0.3, -0.25) is 0 Å². The van der Waals surface area contributed by atoms with Gasteiger partial charge < -0.3 is 14.4 Å². The standard InChI is InChI=1S/C58H36BNO2/c1-3-17-41(18-4-1)60(42-19-5-2-6-20-42)43-35-56-58-57(36-43)62-55-34-40(51-32-38-16-8-10-22-45(38)47-24-12-14-26-49(47)51)28-30-53(55)59(58)52-29-27-39(33-54(52)61-56)50-31-37-15-7-9-21-44(37)46-23-11-13-25-48(46)50/h1-36H. The molecule has 11 aromatic carbocycles. The van der Waals surface area contributed by atoms with Crippen LogP contribution < -0.4 is 30.8 Å². The van der Waals surface area contributed by atoms with Crippen molar-refractivity contribution in [2.45, 2.75) is 0 Å². The molecule has 62 heavy (non-hydrogen) atoms. The zero-order valence-electron chi connectivity index (χ0n) is 33.6. The molecule has 0 unspecified atom stereocenters. The van der Waals surface area contributed by atoms with Crippen LogP contribution in [0.15, 0.2) is 218 Å². The summed E-state index contributed by atoms with van der Waals surface area (Å²) >= 11 is 0. The predicted molar refractivity (Wildman–Crippen MR) is 260 cm³/mol. The summed E-state index contributed by atoms with van der Waals surface area (Å²) in [6, 6.07) is 78.4. The Morgan fingerprint density at radius 2 is 0.710 bits per heavy atom. The highest BCUT2D eigenvalue weighted by atomic mass is 16.5. The fourth-order valence-corrected chi connectivity index (χ4v) is 10.1. The van der Waals surface area contributed by atoms with Gasteiger partial charge in [-0.05, 0) is 125 Å². The highest BCUT2D eigenvalue weighted by molar-refractivity contribution is 6.98. The lowest BCUT2D eigenvalue weighted by Crippen LogP contribution is -2.57. The van der Waals surface area contributed by atoms with Crippen molar-refractivity contribution in [1.82, 2.24) is 0 Å². The van der Waals surface area contributed by atoms with E-state index in [-0.39, 0.29) is 6.71 Å². The normalized spacial score (nSPS) is 12.4. The second-order valence-corrected chi connectivity index (χ2v) is 16.4. The Morgan fingerprint density at radius 1 is 0.306 bits per heavy atom. The maximum atomic E-state index is 7.14. The Kier molecular flexibility index (Phi) is 7.70. The predicted octanol–water partition coefficient (Wildman–Crippen LogP) is 13.8. The Morgan fingerprint density at radius 3 is 1.18 bits per heavy atom. The van der Waals surface area contributed by atoms with Crippen LogP contribution in [-0.2, 0) is 0 Å². The van der Waals surface area contributed by atoms with Crippen LogP contribution in [0.2, 0.25) is 0 Å². The van der Waals surface area contributed by atoms with Gasteiger partial charge in [0.05, 0.1) is 5.69 Å². The van der Waals surface area contributed by atoms with Gasteiger partial charge in [0.1, 0.15) is 23.0 Å². The van der Waals surface area contributed by atoms with Crippen molar-refractivity contribution in [3.63, 3.8) is 0 Å². The fourth-order valence-electron chi connectivity index (χ4n) is 10.1. The number of anilines is 3. The minimum atomic E-state index is -0.103. The summed E-state index contributed by atoms with van der Waals surface area (Å²) in [7, 11) is 0. The van der Waals surface area contributed by atoms with Crippen LogP contribution in [0.1, 0.15) is 0 Å². The molecule has 0 spiro atoms. The van der Waals surface area contributed by atoms with Crippen LogP contribution in [0, 0.1) is 0 Å². The third-order valence-electron chi connectivity index (χ3n) is 12.9. The van der Waals surface area contributed by atoms with Gasteiger partial charge in [-0.2, -0.15) is 0 Å². The topological polar surface area (TPSA) is 21.7 Å². The molecule has 0 aliphatic carbocycles. The molecule has 2 aliphatic heterocycles. The van der Waals surface area contributed by atoms with Gasteiger partial charge >= 0.3 is 0 Å². The van der Waals surface area contributed by atoms with Crippen molar-refractivity contribution < 1.29 is 9.47 Å². The van der Waals surface area contributed by atoms with Gasteiger partial charge in [0.15, 0.2) is 0 Å². The number of nitrogens with zero attached hydrogens (tertiary/aromatic N) is 1. The van der Waals surface area contributed by atoms with E-state index in [1.807, 2.05) is 0 Å². The summed E-state index contributed by atoms with van der Waals surface area (Å²) < 4.78 is 14.3. The first-order chi connectivity index (χ1) is 30.7. The van der Waals surface area contributed by atoms with E-state index in [1.165, 1.54) is 54.2 Å². The first kappa shape index (κ1) is 34.8. The van der Waals surface area contributed by atoms with E-state index in [9.17, 15) is 0 Å². The van der Waals surface area contributed by atoms with Gasteiger partial charge in [-0.25, -0.2) is 0 Å². The summed E-state index contributed by atoms with van der Waals surface area (Å²) in [6.07, 6.45) is 0. The highest BCUT2D eigenvalue weighted by Crippen LogP contribution is 2.45. The van der Waals surface area contributed by atoms with E-state index in [0.29, 0.717) is 0 Å². The van der Waals surface area contributed by atoms with E-state index in [1.54, 1.807) is 0 Å². The zero-order valence-corrected chi connectivity index (χ0v) is 33.6. The number of hydrogen-bond donors (Lipinski definition) is 0. The molecule has 0 saturated heterocycles. The summed E-state index contributed by atoms with van der Waals surface area (Å²) in [5.74, 6) is 3.29. The SMILES string of the molecule is c1ccc(N(c2ccccc2)c2cc3c4c(c2)Oc2cc(-c5cc6ccccc6c6ccccc56)ccc2B4c2ccc(-c4cc5ccccc5c5ccccc45)cc2O3)cc1. The van der Waals surface area contributed by atoms with Crippen LogP contribution in [0.4, 0.5) is 17.1 Å². The summed E-state index contributed by atoms with van der Waals surface area (Å²) in [5.41, 5.74) is 10.9. The van der Waals surface area contributed by atoms with E-state index < -0.39 is 0 Å². The van der Waals surface area contributed by atoms with Crippen molar-refractivity contribution in [2.75, 3.05) is 4.90 Å². The number of rotatable bonds is 5. The minimum Gasteiger partial charge on any atom is -0.458 e. The van der Waals surface area contributed by atoms with Gasteiger partial charge in [-0.15, -0.1) is 0 Å². The average molecular weight is 790 g/mol. The van der Waals surface area contributed by atoms with E-state index in [0.717, 1.165) is 67.6 Å². The van der Waals surface area contributed by atoms with Crippen molar-refractivity contribution in [2.24, 2.45) is 0 Å². The second-order valence-electron chi connectivity index (χ2n) is 16.4. The van der Waals surface area contributed by atoms with Crippen LogP contribution in [0.3, 0.4) is 0 Å². The summed E-state index contributed by atoms with van der Waals surface area (Å²) in [6.45, 7) is -0.103. The molecular weight excluding hydrogens is 753 g/mol. The fraction of sp³-hybridized carbons (Fsp3) is 0. The molecule has 13 rings (SSSR count). The summed E-state index contributed by atoms with van der Waals surface area (Å²) in [5, 5.41) is 9.88. The molecule has 0 fully saturated rings. The van der Waals surface area contributed by atoms with E-state index >= 15 is 0 Å². The number of benzene rings is 11. The molecule has 2 aliphatic rings. The molecule has 0 bridgehead atoms. The summed E-state index contributed by atoms with van der Waals surface area (Å²) in [4.78, 5) is 2.28. The molecule has 0 amide bonds. The Balaban J connectivity index is 1.03. The number of fused-ring (bicyclic) bond motifs is 10. The minimum absolute atomic E-state index is 0.103. The largest absolute Gasteiger partial charge is 0.458 e. The van der Waals surface area contributed by atoms with Crippen molar-refractivity contribution in [3.05, 3.63) is 218 Å². The van der Waals surface area contributed by atoms with Crippen LogP contribution in [-0.4, -0.2) is 6.71 Å². The molecule has 0 atom stereocenters. The molecular formula is C58H36BNO2. The lowest BCUT2D eigenvalue weighted by molar-refractivity contribution is 0.465. The first-order valence-corrected chi connectivity index (χ1v) is 21.3. The smallest absolute Gasteiger partial charge is 0.260 e. The zero-order chi connectivity index (χ0) is 40.7. The Labute approximate surface area is 359 Å². The maximum Gasteiger partial charge on any atom is 0.260 e. The van der Waals surface area contributed by atoms with Crippen molar-refractivity contribution in [3.8, 4) is 45.3 Å². The Bertz CT molecular complexity index is 3370. The van der Waals surface area contributed by atoms with Crippen LogP contribution in [0.5, 0.6) is 23.0 Å². The van der Waals surface area contributed by atoms with Crippen molar-refractivity contribution in [1.29, 1.82) is 0 Å². The van der Waals surface area contributed by atoms with Gasteiger partial charge in [0, 0.05) is 29.0 Å². The molecule has 0 aromatic heterocycles. The van der Waals surface area contributed by atoms with Gasteiger partial charge in [0.2, 0.25) is 0 Å². The van der Waals surface area contributed by atoms with E-state index in [4.69, 9.17) is 9.47 Å². The van der Waals surface area contributed by atoms with Gasteiger partial charge in [0.25, 0.3) is 6.71 Å². The first-order valence-electron chi connectivity index (χ1n) is 21.3. The molecule has 2 heterocycles. The molecule has 0 N–H and O–H groups in total. The number of hydrogen-bond acceptors (Lipinski definition) is 3. The monoisotopic (exact) mass is 789 g/mol. The second kappa shape index (κ2) is 13.7. The van der Waals surface area contributed by atoms with Gasteiger partial charge in [-0.1, -0.05) is 158 Å².